The van der Waals surface area contributed by atoms with Crippen molar-refractivity contribution in [3.8, 4) is 0 Å². The molecule has 0 bridgehead atoms. The number of nitrogens with zero attached hydrogens (tertiary/aromatic N) is 1. The van der Waals surface area contributed by atoms with Crippen molar-refractivity contribution in [2.45, 2.75) is 25.3 Å². The zero-order valence-corrected chi connectivity index (χ0v) is 9.26. The van der Waals surface area contributed by atoms with Crippen LogP contribution < -0.4 is 5.32 Å². The van der Waals surface area contributed by atoms with Crippen molar-refractivity contribution >= 4 is 11.0 Å². The van der Waals surface area contributed by atoms with Gasteiger partial charge in [-0.05, 0) is 19.4 Å². The lowest BCUT2D eigenvalue weighted by Crippen LogP contribution is -2.24. The number of hydrogen-bond donors (Lipinski definition) is 2. The van der Waals surface area contributed by atoms with Gasteiger partial charge in [-0.2, -0.15) is 0 Å². The summed E-state index contributed by atoms with van der Waals surface area (Å²) < 4.78 is 26.0. The number of rotatable bonds is 2. The Kier molecular flexibility index (Phi) is 2.55. The number of hydrogen-bond acceptors (Lipinski definition) is 2. The van der Waals surface area contributed by atoms with Crippen LogP contribution in [0.4, 0.5) is 8.78 Å². The van der Waals surface area contributed by atoms with Crippen LogP contribution >= 0.6 is 0 Å². The molecule has 0 aliphatic carbocycles. The first-order valence-electron chi connectivity index (χ1n) is 5.79. The van der Waals surface area contributed by atoms with E-state index >= 15 is 0 Å². The van der Waals surface area contributed by atoms with Gasteiger partial charge >= 0.3 is 0 Å². The van der Waals surface area contributed by atoms with Crippen molar-refractivity contribution in [2.24, 2.45) is 0 Å². The fraction of sp³-hybridized carbons (Fsp3) is 0.417. The van der Waals surface area contributed by atoms with Crippen LogP contribution in [-0.4, -0.2) is 22.6 Å². The maximum Gasteiger partial charge on any atom is 0.161 e. The minimum Gasteiger partial charge on any atom is -0.342 e. The van der Waals surface area contributed by atoms with Gasteiger partial charge in [0.1, 0.15) is 5.82 Å². The molecule has 0 saturated carbocycles. The van der Waals surface area contributed by atoms with Crippen molar-refractivity contribution in [1.82, 2.24) is 15.3 Å². The van der Waals surface area contributed by atoms with E-state index in [4.69, 9.17) is 0 Å². The normalized spacial score (nSPS) is 20.2. The topological polar surface area (TPSA) is 40.7 Å². The molecular weight excluding hydrogens is 224 g/mol. The van der Waals surface area contributed by atoms with Crippen LogP contribution in [0, 0.1) is 11.6 Å². The molecule has 1 atom stereocenters. The minimum atomic E-state index is -0.852. The molecule has 1 aromatic heterocycles. The van der Waals surface area contributed by atoms with Crippen LogP contribution in [0.5, 0.6) is 0 Å². The molecule has 0 radical (unpaired) electrons. The largest absolute Gasteiger partial charge is 0.342 e. The third-order valence-corrected chi connectivity index (χ3v) is 3.18. The first-order valence-corrected chi connectivity index (χ1v) is 5.79. The second-order valence-corrected chi connectivity index (χ2v) is 4.46. The average molecular weight is 237 g/mol. The molecule has 1 aromatic carbocycles. The fourth-order valence-corrected chi connectivity index (χ4v) is 2.32. The van der Waals surface area contributed by atoms with Gasteiger partial charge in [0.15, 0.2) is 11.6 Å². The Balaban J connectivity index is 1.90. The predicted molar refractivity (Wildman–Crippen MR) is 60.7 cm³/mol. The van der Waals surface area contributed by atoms with E-state index in [1.54, 1.807) is 0 Å². The summed E-state index contributed by atoms with van der Waals surface area (Å²) in [6.45, 7) is 1.04. The molecule has 1 aliphatic heterocycles. The van der Waals surface area contributed by atoms with Gasteiger partial charge in [0.05, 0.1) is 11.0 Å². The Labute approximate surface area is 97.2 Å². The molecule has 1 unspecified atom stereocenters. The lowest BCUT2D eigenvalue weighted by Gasteiger charge is -2.06. The molecule has 90 valence electrons. The van der Waals surface area contributed by atoms with Crippen LogP contribution in [0.2, 0.25) is 0 Å². The molecule has 2 heterocycles. The van der Waals surface area contributed by atoms with Crippen LogP contribution in [0.1, 0.15) is 18.7 Å². The Bertz CT molecular complexity index is 505. The molecule has 17 heavy (non-hydrogen) atoms. The zero-order valence-electron chi connectivity index (χ0n) is 9.26. The smallest absolute Gasteiger partial charge is 0.161 e. The van der Waals surface area contributed by atoms with E-state index in [9.17, 15) is 8.78 Å². The lowest BCUT2D eigenvalue weighted by molar-refractivity contribution is 0.510. The highest BCUT2D eigenvalue weighted by Gasteiger charge is 2.16. The van der Waals surface area contributed by atoms with E-state index in [0.29, 0.717) is 17.1 Å². The SMILES string of the molecule is Fc1cc2nc(CC3CCCN3)[nH]c2cc1F. The Hall–Kier alpha value is -1.49. The second-order valence-electron chi connectivity index (χ2n) is 4.46. The summed E-state index contributed by atoms with van der Waals surface area (Å²) >= 11 is 0. The number of aromatic nitrogens is 2. The van der Waals surface area contributed by atoms with Crippen LogP contribution in [0.25, 0.3) is 11.0 Å². The highest BCUT2D eigenvalue weighted by atomic mass is 19.2. The predicted octanol–water partition coefficient (Wildman–Crippen LogP) is 2.14. The van der Waals surface area contributed by atoms with Crippen molar-refractivity contribution in [1.29, 1.82) is 0 Å². The Morgan fingerprint density at radius 1 is 1.29 bits per heavy atom. The number of imidazole rings is 1. The number of fused-ring (bicyclic) bond motifs is 1. The standard InChI is InChI=1S/C12H13F2N3/c13-8-5-10-11(6-9(8)14)17-12(16-10)4-7-2-1-3-15-7/h5-7,15H,1-4H2,(H,16,17). The molecule has 1 fully saturated rings. The van der Waals surface area contributed by atoms with Crippen LogP contribution in [0.15, 0.2) is 12.1 Å². The molecule has 5 heteroatoms. The van der Waals surface area contributed by atoms with Crippen molar-refractivity contribution < 1.29 is 8.78 Å². The fourth-order valence-electron chi connectivity index (χ4n) is 2.32. The number of H-pyrrole nitrogens is 1. The Morgan fingerprint density at radius 3 is 2.88 bits per heavy atom. The third-order valence-electron chi connectivity index (χ3n) is 3.18. The van der Waals surface area contributed by atoms with Crippen molar-refractivity contribution in [3.05, 3.63) is 29.6 Å². The summed E-state index contributed by atoms with van der Waals surface area (Å²) in [6.07, 6.45) is 3.08. The molecule has 2 N–H and O–H groups in total. The second kappa shape index (κ2) is 4.07. The highest BCUT2D eigenvalue weighted by molar-refractivity contribution is 5.75. The van der Waals surface area contributed by atoms with Crippen molar-refractivity contribution in [2.75, 3.05) is 6.54 Å². The Morgan fingerprint density at radius 2 is 2.12 bits per heavy atom. The quantitative estimate of drug-likeness (QED) is 0.840. The molecule has 3 nitrogen and oxygen atoms in total. The average Bonchev–Trinajstić information content (AvgIpc) is 2.89. The van der Waals surface area contributed by atoms with Gasteiger partial charge in [0.25, 0.3) is 0 Å². The summed E-state index contributed by atoms with van der Waals surface area (Å²) in [5, 5.41) is 3.36. The molecule has 1 saturated heterocycles. The van der Waals surface area contributed by atoms with Crippen LogP contribution in [-0.2, 0) is 6.42 Å². The summed E-state index contributed by atoms with van der Waals surface area (Å²) in [7, 11) is 0. The molecule has 0 amide bonds. The van der Waals surface area contributed by atoms with E-state index in [1.165, 1.54) is 6.42 Å². The summed E-state index contributed by atoms with van der Waals surface area (Å²) in [4.78, 5) is 7.31. The van der Waals surface area contributed by atoms with E-state index < -0.39 is 11.6 Å². The van der Waals surface area contributed by atoms with E-state index in [0.717, 1.165) is 37.3 Å². The molecule has 2 aromatic rings. The number of aromatic amines is 1. The highest BCUT2D eigenvalue weighted by Crippen LogP contribution is 2.18. The monoisotopic (exact) mass is 237 g/mol. The summed E-state index contributed by atoms with van der Waals surface area (Å²) in [5.74, 6) is -0.911. The maximum atomic E-state index is 13.0. The molecule has 0 spiro atoms. The molecule has 1 aliphatic rings. The van der Waals surface area contributed by atoms with Gasteiger partial charge in [-0.1, -0.05) is 0 Å². The van der Waals surface area contributed by atoms with E-state index in [2.05, 4.69) is 15.3 Å². The number of nitrogens with one attached hydrogen (secondary N) is 2. The maximum absolute atomic E-state index is 13.0. The zero-order chi connectivity index (χ0) is 11.8. The number of halogens is 2. The van der Waals surface area contributed by atoms with Crippen LogP contribution in [0.3, 0.4) is 0 Å². The summed E-state index contributed by atoms with van der Waals surface area (Å²) in [5.41, 5.74) is 1.04. The van der Waals surface area contributed by atoms with E-state index in [-0.39, 0.29) is 0 Å². The lowest BCUT2D eigenvalue weighted by atomic mass is 10.1. The molecule has 3 rings (SSSR count). The van der Waals surface area contributed by atoms with Gasteiger partial charge in [-0.25, -0.2) is 13.8 Å². The first kappa shape index (κ1) is 10.7. The van der Waals surface area contributed by atoms with Gasteiger partial charge in [0, 0.05) is 24.6 Å². The van der Waals surface area contributed by atoms with Crippen molar-refractivity contribution in [3.63, 3.8) is 0 Å². The first-order chi connectivity index (χ1) is 8.22. The van der Waals surface area contributed by atoms with Gasteiger partial charge in [-0.15, -0.1) is 0 Å². The minimum absolute atomic E-state index is 0.422. The molecular formula is C12H13F2N3. The van der Waals surface area contributed by atoms with E-state index in [1.807, 2.05) is 0 Å². The van der Waals surface area contributed by atoms with Gasteiger partial charge < -0.3 is 10.3 Å². The third kappa shape index (κ3) is 2.02. The van der Waals surface area contributed by atoms with Gasteiger partial charge in [-0.3, -0.25) is 0 Å². The number of benzene rings is 1. The van der Waals surface area contributed by atoms with Gasteiger partial charge in [0.2, 0.25) is 0 Å². The summed E-state index contributed by atoms with van der Waals surface area (Å²) in [6, 6.07) is 2.71.